The summed E-state index contributed by atoms with van der Waals surface area (Å²) >= 11 is 7.78. The van der Waals surface area contributed by atoms with E-state index in [4.69, 9.17) is 11.6 Å². The zero-order chi connectivity index (χ0) is 15.2. The first kappa shape index (κ1) is 16.5. The normalized spacial score (nSPS) is 14.3. The third kappa shape index (κ3) is 4.55. The van der Waals surface area contributed by atoms with Crippen molar-refractivity contribution in [1.29, 1.82) is 0 Å². The van der Waals surface area contributed by atoms with Crippen LogP contribution < -0.4 is 5.32 Å². The van der Waals surface area contributed by atoms with E-state index < -0.39 is 0 Å². The van der Waals surface area contributed by atoms with Gasteiger partial charge in [0.1, 0.15) is 0 Å². The van der Waals surface area contributed by atoms with Crippen LogP contribution in [0, 0.1) is 0 Å². The summed E-state index contributed by atoms with van der Waals surface area (Å²) in [5.41, 5.74) is 1.29. The number of thiophene rings is 1. The van der Waals surface area contributed by atoms with E-state index in [1.165, 1.54) is 10.4 Å². The molecule has 2 aromatic rings. The van der Waals surface area contributed by atoms with Crippen molar-refractivity contribution < 1.29 is 0 Å². The summed E-state index contributed by atoms with van der Waals surface area (Å²) in [5.74, 6) is 0. The molecule has 0 bridgehead atoms. The largest absolute Gasteiger partial charge is 0.313 e. The molecular formula is C17H23ClN2S. The van der Waals surface area contributed by atoms with Crippen LogP contribution >= 0.6 is 22.9 Å². The Morgan fingerprint density at radius 3 is 2.52 bits per heavy atom. The predicted molar refractivity (Wildman–Crippen MR) is 93.2 cm³/mol. The average molecular weight is 323 g/mol. The van der Waals surface area contributed by atoms with E-state index in [1.54, 1.807) is 0 Å². The van der Waals surface area contributed by atoms with Gasteiger partial charge >= 0.3 is 0 Å². The van der Waals surface area contributed by atoms with E-state index in [0.717, 1.165) is 18.0 Å². The van der Waals surface area contributed by atoms with Crippen LogP contribution in [0.2, 0.25) is 5.02 Å². The maximum atomic E-state index is 5.96. The van der Waals surface area contributed by atoms with Crippen molar-refractivity contribution in [2.24, 2.45) is 0 Å². The predicted octanol–water partition coefficient (Wildman–Crippen LogP) is 4.75. The van der Waals surface area contributed by atoms with Gasteiger partial charge in [-0.25, -0.2) is 0 Å². The zero-order valence-electron chi connectivity index (χ0n) is 12.8. The minimum Gasteiger partial charge on any atom is -0.313 e. The van der Waals surface area contributed by atoms with Crippen LogP contribution in [0.4, 0.5) is 0 Å². The highest BCUT2D eigenvalue weighted by Crippen LogP contribution is 2.25. The summed E-state index contributed by atoms with van der Waals surface area (Å²) in [4.78, 5) is 3.83. The highest BCUT2D eigenvalue weighted by Gasteiger charge is 2.15. The lowest BCUT2D eigenvalue weighted by Crippen LogP contribution is -2.27. The second kappa shape index (κ2) is 7.95. The van der Waals surface area contributed by atoms with Gasteiger partial charge in [0, 0.05) is 28.5 Å². The fourth-order valence-corrected chi connectivity index (χ4v) is 3.42. The molecule has 21 heavy (non-hydrogen) atoms. The van der Waals surface area contributed by atoms with E-state index in [9.17, 15) is 0 Å². The summed E-state index contributed by atoms with van der Waals surface area (Å²) in [5, 5.41) is 6.33. The molecule has 0 aliphatic carbocycles. The molecule has 0 aliphatic heterocycles. The number of nitrogens with one attached hydrogen (secondary N) is 1. The number of benzene rings is 1. The molecule has 2 unspecified atom stereocenters. The minimum absolute atomic E-state index is 0.361. The first-order valence-corrected chi connectivity index (χ1v) is 8.54. The first-order valence-electron chi connectivity index (χ1n) is 7.28. The van der Waals surface area contributed by atoms with Gasteiger partial charge in [0.2, 0.25) is 0 Å². The maximum absolute atomic E-state index is 5.96. The highest BCUT2D eigenvalue weighted by atomic mass is 35.5. The standard InChI is InChI=1S/C17H23ClN2S/c1-13(17-5-4-12-21-17)20(3)11-10-16(19-2)14-6-8-15(18)9-7-14/h4-9,12-13,16,19H,10-11H2,1-3H3. The van der Waals surface area contributed by atoms with Crippen molar-refractivity contribution in [3.63, 3.8) is 0 Å². The van der Waals surface area contributed by atoms with Crippen molar-refractivity contribution >= 4 is 22.9 Å². The van der Waals surface area contributed by atoms with Gasteiger partial charge in [0.05, 0.1) is 0 Å². The first-order chi connectivity index (χ1) is 10.1. The second-order valence-electron chi connectivity index (χ2n) is 5.35. The molecule has 0 amide bonds. The molecule has 0 aliphatic rings. The van der Waals surface area contributed by atoms with Crippen molar-refractivity contribution in [2.75, 3.05) is 20.6 Å². The number of hydrogen-bond acceptors (Lipinski definition) is 3. The number of hydrogen-bond donors (Lipinski definition) is 1. The second-order valence-corrected chi connectivity index (χ2v) is 6.77. The van der Waals surface area contributed by atoms with Crippen LogP contribution in [0.3, 0.4) is 0 Å². The lowest BCUT2D eigenvalue weighted by molar-refractivity contribution is 0.250. The fourth-order valence-electron chi connectivity index (χ4n) is 2.45. The SMILES string of the molecule is CNC(CCN(C)C(C)c1cccs1)c1ccc(Cl)cc1. The van der Waals surface area contributed by atoms with E-state index in [-0.39, 0.29) is 0 Å². The van der Waals surface area contributed by atoms with Crippen LogP contribution in [0.5, 0.6) is 0 Å². The van der Waals surface area contributed by atoms with E-state index in [1.807, 2.05) is 30.5 Å². The molecule has 0 saturated carbocycles. The quantitative estimate of drug-likeness (QED) is 0.791. The van der Waals surface area contributed by atoms with Gasteiger partial charge in [-0.2, -0.15) is 0 Å². The topological polar surface area (TPSA) is 15.3 Å². The summed E-state index contributed by atoms with van der Waals surface area (Å²) in [6.07, 6.45) is 1.07. The molecule has 0 spiro atoms. The highest BCUT2D eigenvalue weighted by molar-refractivity contribution is 7.10. The van der Waals surface area contributed by atoms with Crippen molar-refractivity contribution in [2.45, 2.75) is 25.4 Å². The average Bonchev–Trinajstić information content (AvgIpc) is 3.02. The molecule has 0 radical (unpaired) electrons. The van der Waals surface area contributed by atoms with Gasteiger partial charge in [-0.3, -0.25) is 4.90 Å². The van der Waals surface area contributed by atoms with E-state index >= 15 is 0 Å². The van der Waals surface area contributed by atoms with Crippen molar-refractivity contribution in [1.82, 2.24) is 10.2 Å². The molecule has 2 nitrogen and oxygen atoms in total. The third-order valence-electron chi connectivity index (χ3n) is 4.01. The number of nitrogens with zero attached hydrogens (tertiary/aromatic N) is 1. The Hall–Kier alpha value is -0.870. The van der Waals surface area contributed by atoms with Gasteiger partial charge in [0.25, 0.3) is 0 Å². The zero-order valence-corrected chi connectivity index (χ0v) is 14.4. The van der Waals surface area contributed by atoms with Crippen LogP contribution in [0.15, 0.2) is 41.8 Å². The minimum atomic E-state index is 0.361. The van der Waals surface area contributed by atoms with Gasteiger partial charge in [-0.05, 0) is 56.6 Å². The third-order valence-corrected chi connectivity index (χ3v) is 5.30. The molecule has 0 saturated heterocycles. The molecule has 114 valence electrons. The van der Waals surface area contributed by atoms with Crippen LogP contribution in [-0.4, -0.2) is 25.5 Å². The van der Waals surface area contributed by atoms with E-state index in [0.29, 0.717) is 12.1 Å². The van der Waals surface area contributed by atoms with Gasteiger partial charge in [-0.1, -0.05) is 29.8 Å². The Labute approximate surface area is 136 Å². The van der Waals surface area contributed by atoms with Crippen LogP contribution in [0.1, 0.15) is 35.9 Å². The number of halogens is 1. The van der Waals surface area contributed by atoms with Gasteiger partial charge < -0.3 is 5.32 Å². The van der Waals surface area contributed by atoms with Crippen LogP contribution in [0.25, 0.3) is 0 Å². The summed E-state index contributed by atoms with van der Waals surface area (Å²) in [6, 6.07) is 13.3. The Kier molecular flexibility index (Phi) is 6.24. The van der Waals surface area contributed by atoms with Gasteiger partial charge in [-0.15, -0.1) is 11.3 Å². The van der Waals surface area contributed by atoms with Crippen molar-refractivity contribution in [3.05, 3.63) is 57.2 Å². The molecular weight excluding hydrogens is 300 g/mol. The molecule has 4 heteroatoms. The number of rotatable bonds is 7. The Morgan fingerprint density at radius 2 is 1.95 bits per heavy atom. The summed E-state index contributed by atoms with van der Waals surface area (Å²) in [7, 11) is 4.21. The van der Waals surface area contributed by atoms with Crippen LogP contribution in [-0.2, 0) is 0 Å². The van der Waals surface area contributed by atoms with Crippen molar-refractivity contribution in [3.8, 4) is 0 Å². The smallest absolute Gasteiger partial charge is 0.0410 e. The van der Waals surface area contributed by atoms with Gasteiger partial charge in [0.15, 0.2) is 0 Å². The Bertz CT molecular complexity index is 524. The molecule has 1 N–H and O–H groups in total. The molecule has 1 aromatic carbocycles. The summed E-state index contributed by atoms with van der Waals surface area (Å²) in [6.45, 7) is 3.32. The Balaban J connectivity index is 1.92. The van der Waals surface area contributed by atoms with E-state index in [2.05, 4.69) is 53.8 Å². The Morgan fingerprint density at radius 1 is 1.24 bits per heavy atom. The molecule has 1 heterocycles. The fraction of sp³-hybridized carbons (Fsp3) is 0.412. The maximum Gasteiger partial charge on any atom is 0.0410 e. The lowest BCUT2D eigenvalue weighted by Gasteiger charge is -2.26. The lowest BCUT2D eigenvalue weighted by atomic mass is 10.0. The summed E-state index contributed by atoms with van der Waals surface area (Å²) < 4.78 is 0. The molecule has 1 aromatic heterocycles. The molecule has 2 atom stereocenters. The molecule has 2 rings (SSSR count). The monoisotopic (exact) mass is 322 g/mol. The molecule has 0 fully saturated rings.